The quantitative estimate of drug-likeness (QED) is 0.669. The number of amides is 1. The third kappa shape index (κ3) is 5.85. The van der Waals surface area contributed by atoms with E-state index in [-0.39, 0.29) is 24.6 Å². The van der Waals surface area contributed by atoms with Gasteiger partial charge in [0.2, 0.25) is 5.91 Å². The Kier molecular flexibility index (Phi) is 7.15. The maximum Gasteiger partial charge on any atom is 0.220 e. The van der Waals surface area contributed by atoms with E-state index < -0.39 is 0 Å². The van der Waals surface area contributed by atoms with Gasteiger partial charge in [0.15, 0.2) is 0 Å². The van der Waals surface area contributed by atoms with Gasteiger partial charge in [0.25, 0.3) is 0 Å². The molecule has 1 amide bonds. The Labute approximate surface area is 115 Å². The van der Waals surface area contributed by atoms with Crippen LogP contribution in [-0.2, 0) is 4.79 Å². The van der Waals surface area contributed by atoms with E-state index >= 15 is 0 Å². The normalized spacial score (nSPS) is 13.8. The lowest BCUT2D eigenvalue weighted by molar-refractivity contribution is -0.122. The molecule has 2 atom stereocenters. The summed E-state index contributed by atoms with van der Waals surface area (Å²) in [6.45, 7) is 2.10. The van der Waals surface area contributed by atoms with Crippen molar-refractivity contribution < 1.29 is 9.90 Å². The van der Waals surface area contributed by atoms with Crippen LogP contribution in [0.3, 0.4) is 0 Å². The van der Waals surface area contributed by atoms with Crippen molar-refractivity contribution in [3.63, 3.8) is 0 Å². The largest absolute Gasteiger partial charge is 0.396 e. The van der Waals surface area contributed by atoms with Gasteiger partial charge < -0.3 is 16.2 Å². The second-order valence-corrected chi connectivity index (χ2v) is 4.74. The molecule has 19 heavy (non-hydrogen) atoms. The third-order valence-corrected chi connectivity index (χ3v) is 3.25. The molecule has 0 bridgehead atoms. The maximum atomic E-state index is 11.8. The molecule has 2 unspecified atom stereocenters. The van der Waals surface area contributed by atoms with Gasteiger partial charge in [-0.15, -0.1) is 0 Å². The van der Waals surface area contributed by atoms with E-state index in [0.717, 1.165) is 12.0 Å². The van der Waals surface area contributed by atoms with Crippen LogP contribution in [0.25, 0.3) is 0 Å². The summed E-state index contributed by atoms with van der Waals surface area (Å²) in [6, 6.07) is 9.75. The molecule has 0 heterocycles. The summed E-state index contributed by atoms with van der Waals surface area (Å²) in [5.41, 5.74) is 7.10. The van der Waals surface area contributed by atoms with Crippen molar-refractivity contribution in [2.75, 3.05) is 6.61 Å². The number of aliphatic hydroxyl groups is 1. The minimum atomic E-state index is -0.107. The molecule has 0 aliphatic heterocycles. The fourth-order valence-electron chi connectivity index (χ4n) is 1.99. The van der Waals surface area contributed by atoms with E-state index in [1.807, 2.05) is 37.3 Å². The standard InChI is InChI=1S/C15H24N2O2/c1-2-13(10-11-18)17-15(19)9-8-14(16)12-6-4-3-5-7-12/h3-7,13-14,18H,2,8-11,16H2,1H3,(H,17,19). The van der Waals surface area contributed by atoms with Crippen molar-refractivity contribution in [1.82, 2.24) is 5.32 Å². The molecule has 1 aromatic rings. The molecule has 0 saturated carbocycles. The molecule has 1 rings (SSSR count). The second kappa shape index (κ2) is 8.67. The fraction of sp³-hybridized carbons (Fsp3) is 0.533. The van der Waals surface area contributed by atoms with Crippen molar-refractivity contribution in [1.29, 1.82) is 0 Å². The van der Waals surface area contributed by atoms with Crippen LogP contribution in [0.5, 0.6) is 0 Å². The number of nitrogens with two attached hydrogens (primary N) is 1. The zero-order valence-electron chi connectivity index (χ0n) is 11.5. The summed E-state index contributed by atoms with van der Waals surface area (Å²) in [4.78, 5) is 11.8. The number of hydrogen-bond donors (Lipinski definition) is 3. The molecule has 0 fully saturated rings. The topological polar surface area (TPSA) is 75.3 Å². The van der Waals surface area contributed by atoms with Crippen molar-refractivity contribution in [3.8, 4) is 0 Å². The summed E-state index contributed by atoms with van der Waals surface area (Å²) >= 11 is 0. The lowest BCUT2D eigenvalue weighted by atomic mass is 10.0. The van der Waals surface area contributed by atoms with Gasteiger partial charge in [-0.1, -0.05) is 37.3 Å². The van der Waals surface area contributed by atoms with Crippen LogP contribution in [0.2, 0.25) is 0 Å². The molecular weight excluding hydrogens is 240 g/mol. The predicted octanol–water partition coefficient (Wildman–Crippen LogP) is 1.74. The van der Waals surface area contributed by atoms with Gasteiger partial charge in [-0.2, -0.15) is 0 Å². The van der Waals surface area contributed by atoms with Crippen molar-refractivity contribution >= 4 is 5.91 Å². The Balaban J connectivity index is 2.33. The SMILES string of the molecule is CCC(CCO)NC(=O)CCC(N)c1ccccc1. The van der Waals surface area contributed by atoms with E-state index in [2.05, 4.69) is 5.32 Å². The predicted molar refractivity (Wildman–Crippen MR) is 76.5 cm³/mol. The molecule has 4 nitrogen and oxygen atoms in total. The fourth-order valence-corrected chi connectivity index (χ4v) is 1.99. The van der Waals surface area contributed by atoms with Crippen LogP contribution in [-0.4, -0.2) is 23.7 Å². The van der Waals surface area contributed by atoms with Gasteiger partial charge in [-0.05, 0) is 24.8 Å². The van der Waals surface area contributed by atoms with Crippen LogP contribution < -0.4 is 11.1 Å². The number of benzene rings is 1. The van der Waals surface area contributed by atoms with Crippen molar-refractivity contribution in [2.45, 2.75) is 44.7 Å². The Morgan fingerprint density at radius 2 is 2.00 bits per heavy atom. The van der Waals surface area contributed by atoms with Gasteiger partial charge >= 0.3 is 0 Å². The zero-order valence-corrected chi connectivity index (χ0v) is 11.5. The van der Waals surface area contributed by atoms with Crippen molar-refractivity contribution in [2.24, 2.45) is 5.73 Å². The highest BCUT2D eigenvalue weighted by Crippen LogP contribution is 2.15. The Bertz CT molecular complexity index is 368. The Hall–Kier alpha value is -1.39. The molecule has 0 aromatic heterocycles. The smallest absolute Gasteiger partial charge is 0.220 e. The van der Waals surface area contributed by atoms with Gasteiger partial charge in [-0.25, -0.2) is 0 Å². The molecular formula is C15H24N2O2. The number of rotatable bonds is 8. The Morgan fingerprint density at radius 3 is 2.58 bits per heavy atom. The minimum Gasteiger partial charge on any atom is -0.396 e. The monoisotopic (exact) mass is 264 g/mol. The van der Waals surface area contributed by atoms with Gasteiger partial charge in [0, 0.05) is 25.1 Å². The maximum absolute atomic E-state index is 11.8. The number of carbonyl (C=O) groups excluding carboxylic acids is 1. The lowest BCUT2D eigenvalue weighted by Gasteiger charge is -2.17. The zero-order chi connectivity index (χ0) is 14.1. The lowest BCUT2D eigenvalue weighted by Crippen LogP contribution is -2.35. The minimum absolute atomic E-state index is 0.00619. The van der Waals surface area contributed by atoms with Gasteiger partial charge in [-0.3, -0.25) is 4.79 Å². The van der Waals surface area contributed by atoms with Crippen LogP contribution in [0.4, 0.5) is 0 Å². The first-order chi connectivity index (χ1) is 9.17. The number of nitrogens with one attached hydrogen (secondary N) is 1. The molecule has 0 aliphatic carbocycles. The van der Waals surface area contributed by atoms with Crippen LogP contribution in [0.1, 0.15) is 44.2 Å². The average molecular weight is 264 g/mol. The number of hydrogen-bond acceptors (Lipinski definition) is 3. The highest BCUT2D eigenvalue weighted by molar-refractivity contribution is 5.76. The first-order valence-electron chi connectivity index (χ1n) is 6.88. The molecule has 0 saturated heterocycles. The first kappa shape index (κ1) is 15.7. The first-order valence-corrected chi connectivity index (χ1v) is 6.88. The highest BCUT2D eigenvalue weighted by Gasteiger charge is 2.12. The van der Waals surface area contributed by atoms with E-state index in [9.17, 15) is 4.79 Å². The van der Waals surface area contributed by atoms with Crippen LogP contribution in [0, 0.1) is 0 Å². The van der Waals surface area contributed by atoms with E-state index in [1.165, 1.54) is 0 Å². The third-order valence-electron chi connectivity index (χ3n) is 3.25. The molecule has 0 spiro atoms. The summed E-state index contributed by atoms with van der Waals surface area (Å²) in [7, 11) is 0. The van der Waals surface area contributed by atoms with E-state index in [4.69, 9.17) is 10.8 Å². The molecule has 106 valence electrons. The van der Waals surface area contributed by atoms with Crippen LogP contribution in [0.15, 0.2) is 30.3 Å². The summed E-state index contributed by atoms with van der Waals surface area (Å²) in [5.74, 6) is 0.00619. The van der Waals surface area contributed by atoms with Gasteiger partial charge in [0.05, 0.1) is 0 Å². The van der Waals surface area contributed by atoms with E-state index in [1.54, 1.807) is 0 Å². The highest BCUT2D eigenvalue weighted by atomic mass is 16.3. The second-order valence-electron chi connectivity index (χ2n) is 4.74. The molecule has 0 radical (unpaired) electrons. The van der Waals surface area contributed by atoms with Crippen molar-refractivity contribution in [3.05, 3.63) is 35.9 Å². The van der Waals surface area contributed by atoms with E-state index in [0.29, 0.717) is 19.3 Å². The average Bonchev–Trinajstić information content (AvgIpc) is 2.45. The molecule has 4 N–H and O–H groups in total. The molecule has 4 heteroatoms. The molecule has 1 aromatic carbocycles. The Morgan fingerprint density at radius 1 is 1.32 bits per heavy atom. The summed E-state index contributed by atoms with van der Waals surface area (Å²) < 4.78 is 0. The summed E-state index contributed by atoms with van der Waals surface area (Å²) in [5, 5.41) is 11.8. The molecule has 0 aliphatic rings. The summed E-state index contributed by atoms with van der Waals surface area (Å²) in [6.07, 6.45) is 2.48. The van der Waals surface area contributed by atoms with Crippen LogP contribution >= 0.6 is 0 Å². The number of aliphatic hydroxyl groups excluding tert-OH is 1. The number of carbonyl (C=O) groups is 1. The van der Waals surface area contributed by atoms with Gasteiger partial charge in [0.1, 0.15) is 0 Å².